The van der Waals surface area contributed by atoms with E-state index < -0.39 is 0 Å². The number of nitrogens with two attached hydrogens (primary N) is 1. The number of aromatic nitrogens is 2. The third-order valence-electron chi connectivity index (χ3n) is 3.84. The van der Waals surface area contributed by atoms with E-state index in [4.69, 9.17) is 0 Å². The Morgan fingerprint density at radius 2 is 2.05 bits per heavy atom. The van der Waals surface area contributed by atoms with Crippen LogP contribution < -0.4 is 10.9 Å². The minimum atomic E-state index is 0.00175. The van der Waals surface area contributed by atoms with Crippen molar-refractivity contribution in [2.75, 3.05) is 0 Å². The van der Waals surface area contributed by atoms with Gasteiger partial charge in [-0.1, -0.05) is 17.7 Å². The Labute approximate surface area is 129 Å². The van der Waals surface area contributed by atoms with Gasteiger partial charge in [0.25, 0.3) is 5.56 Å². The Morgan fingerprint density at radius 1 is 1.18 bits per heavy atom. The van der Waals surface area contributed by atoms with Gasteiger partial charge in [0.1, 0.15) is 13.1 Å². The second-order valence-electron chi connectivity index (χ2n) is 5.73. The Morgan fingerprint density at radius 3 is 2.82 bits per heavy atom. The van der Waals surface area contributed by atoms with Crippen LogP contribution in [0.4, 0.5) is 0 Å². The number of hydrogen-bond donors (Lipinski definition) is 2. The number of H-pyrrole nitrogens is 1. The lowest BCUT2D eigenvalue weighted by Gasteiger charge is -2.07. The van der Waals surface area contributed by atoms with Gasteiger partial charge in [0.2, 0.25) is 0 Å². The Hall–Kier alpha value is -2.46. The van der Waals surface area contributed by atoms with Crippen molar-refractivity contribution in [2.45, 2.75) is 26.9 Å². The van der Waals surface area contributed by atoms with Gasteiger partial charge in [-0.3, -0.25) is 9.78 Å². The molecule has 2 aromatic heterocycles. The quantitative estimate of drug-likeness (QED) is 0.771. The molecule has 0 aliphatic rings. The highest BCUT2D eigenvalue weighted by Crippen LogP contribution is 2.17. The molecule has 1 aromatic carbocycles. The molecule has 0 unspecified atom stereocenters. The predicted octanol–water partition coefficient (Wildman–Crippen LogP) is 1.80. The van der Waals surface area contributed by atoms with Crippen LogP contribution in [0.2, 0.25) is 0 Å². The van der Waals surface area contributed by atoms with Crippen LogP contribution in [0.3, 0.4) is 0 Å². The third kappa shape index (κ3) is 3.07. The normalized spacial score (nSPS) is 11.0. The van der Waals surface area contributed by atoms with Crippen LogP contribution >= 0.6 is 0 Å². The number of aromatic amines is 1. The fraction of sp³-hybridized carbons (Fsp3) is 0.222. The van der Waals surface area contributed by atoms with E-state index in [9.17, 15) is 4.79 Å². The van der Waals surface area contributed by atoms with Crippen LogP contribution in [0.5, 0.6) is 0 Å². The van der Waals surface area contributed by atoms with Gasteiger partial charge in [-0.15, -0.1) is 0 Å². The fourth-order valence-electron chi connectivity index (χ4n) is 2.80. The second-order valence-corrected chi connectivity index (χ2v) is 5.73. The van der Waals surface area contributed by atoms with Crippen LogP contribution in [0.15, 0.2) is 47.5 Å². The van der Waals surface area contributed by atoms with Crippen molar-refractivity contribution < 1.29 is 5.32 Å². The summed E-state index contributed by atoms with van der Waals surface area (Å²) in [6, 6.07) is 10.2. The van der Waals surface area contributed by atoms with Crippen LogP contribution in [0.25, 0.3) is 10.9 Å². The van der Waals surface area contributed by atoms with E-state index in [0.717, 1.165) is 34.1 Å². The van der Waals surface area contributed by atoms with E-state index in [0.29, 0.717) is 6.54 Å². The maximum absolute atomic E-state index is 12.2. The van der Waals surface area contributed by atoms with Crippen molar-refractivity contribution in [2.24, 2.45) is 0 Å². The molecule has 2 heterocycles. The summed E-state index contributed by atoms with van der Waals surface area (Å²) in [5, 5.41) is 3.22. The van der Waals surface area contributed by atoms with E-state index in [1.165, 1.54) is 5.56 Å². The van der Waals surface area contributed by atoms with Gasteiger partial charge in [-0.25, -0.2) is 0 Å². The smallest absolute Gasteiger partial charge is 0.257 e. The number of hydrogen-bond acceptors (Lipinski definition) is 2. The maximum atomic E-state index is 12.2. The monoisotopic (exact) mass is 294 g/mol. The lowest BCUT2D eigenvalue weighted by molar-refractivity contribution is -0.686. The summed E-state index contributed by atoms with van der Waals surface area (Å²) in [5.74, 6) is 0. The van der Waals surface area contributed by atoms with Crippen LogP contribution in [0, 0.1) is 13.8 Å². The van der Waals surface area contributed by atoms with Crippen molar-refractivity contribution in [1.82, 2.24) is 9.97 Å². The molecule has 0 radical (unpaired) electrons. The highest BCUT2D eigenvalue weighted by Gasteiger charge is 2.07. The van der Waals surface area contributed by atoms with Crippen molar-refractivity contribution in [1.29, 1.82) is 0 Å². The maximum Gasteiger partial charge on any atom is 0.257 e. The largest absolute Gasteiger partial charge is 0.339 e. The molecule has 0 saturated heterocycles. The minimum absolute atomic E-state index is 0.00175. The van der Waals surface area contributed by atoms with Crippen LogP contribution in [0.1, 0.15) is 22.3 Å². The summed E-state index contributed by atoms with van der Waals surface area (Å²) in [7, 11) is 0. The Bertz CT molecular complexity index is 853. The number of aryl methyl sites for hydroxylation is 2. The standard InChI is InChI=1S/C18H19N3O/c1-12-6-13(2)17-15(7-12)8-16(18(22)21-17)11-20-10-14-4-3-5-19-9-14/h3-9,20H,10-11H2,1-2H3,(H,21,22)/p+1. The first kappa shape index (κ1) is 14.5. The molecule has 0 aliphatic carbocycles. The van der Waals surface area contributed by atoms with Gasteiger partial charge in [0.05, 0.1) is 11.1 Å². The third-order valence-corrected chi connectivity index (χ3v) is 3.84. The number of fused-ring (bicyclic) bond motifs is 1. The summed E-state index contributed by atoms with van der Waals surface area (Å²) in [6.45, 7) is 5.58. The first-order valence-corrected chi connectivity index (χ1v) is 7.47. The van der Waals surface area contributed by atoms with Gasteiger partial charge in [0.15, 0.2) is 0 Å². The molecule has 0 bridgehead atoms. The molecular weight excluding hydrogens is 274 g/mol. The molecule has 4 heteroatoms. The average molecular weight is 294 g/mol. The summed E-state index contributed by atoms with van der Waals surface area (Å²) in [5.41, 5.74) is 5.22. The molecule has 0 aliphatic heterocycles. The highest BCUT2D eigenvalue weighted by molar-refractivity contribution is 5.82. The minimum Gasteiger partial charge on any atom is -0.339 e. The molecule has 22 heavy (non-hydrogen) atoms. The lowest BCUT2D eigenvalue weighted by atomic mass is 10.1. The van der Waals surface area contributed by atoms with Gasteiger partial charge in [-0.05, 0) is 43.0 Å². The Kier molecular flexibility index (Phi) is 4.02. The van der Waals surface area contributed by atoms with Crippen molar-refractivity contribution in [3.8, 4) is 0 Å². The zero-order chi connectivity index (χ0) is 15.5. The average Bonchev–Trinajstić information content (AvgIpc) is 2.50. The highest BCUT2D eigenvalue weighted by atomic mass is 16.1. The zero-order valence-corrected chi connectivity index (χ0v) is 12.9. The topological polar surface area (TPSA) is 62.4 Å². The predicted molar refractivity (Wildman–Crippen MR) is 87.6 cm³/mol. The summed E-state index contributed by atoms with van der Waals surface area (Å²) < 4.78 is 0. The first-order valence-electron chi connectivity index (χ1n) is 7.47. The summed E-state index contributed by atoms with van der Waals surface area (Å²) in [4.78, 5) is 19.3. The van der Waals surface area contributed by atoms with Gasteiger partial charge < -0.3 is 10.3 Å². The number of pyridine rings is 2. The van der Waals surface area contributed by atoms with E-state index >= 15 is 0 Å². The molecule has 0 saturated carbocycles. The zero-order valence-electron chi connectivity index (χ0n) is 12.9. The van der Waals surface area contributed by atoms with Crippen molar-refractivity contribution in [3.63, 3.8) is 0 Å². The molecule has 3 rings (SSSR count). The van der Waals surface area contributed by atoms with Crippen molar-refractivity contribution >= 4 is 10.9 Å². The van der Waals surface area contributed by atoms with Crippen LogP contribution in [-0.4, -0.2) is 9.97 Å². The van der Waals surface area contributed by atoms with E-state index in [1.807, 2.05) is 31.3 Å². The van der Waals surface area contributed by atoms with E-state index in [-0.39, 0.29) is 5.56 Å². The summed E-state index contributed by atoms with van der Waals surface area (Å²) >= 11 is 0. The van der Waals surface area contributed by atoms with E-state index in [1.54, 1.807) is 6.20 Å². The Balaban J connectivity index is 1.82. The number of quaternary nitrogens is 1. The molecule has 0 fully saturated rings. The van der Waals surface area contributed by atoms with Crippen LogP contribution in [-0.2, 0) is 13.1 Å². The molecule has 3 N–H and O–H groups in total. The number of rotatable bonds is 4. The van der Waals surface area contributed by atoms with Crippen molar-refractivity contribution in [3.05, 3.63) is 75.3 Å². The fourth-order valence-corrected chi connectivity index (χ4v) is 2.80. The summed E-state index contributed by atoms with van der Waals surface area (Å²) in [6.07, 6.45) is 3.62. The SMILES string of the molecule is Cc1cc(C)c2[nH]c(=O)c(C[NH2+]Cc3cccnc3)cc2c1. The molecular formula is C18H20N3O+. The van der Waals surface area contributed by atoms with E-state index in [2.05, 4.69) is 34.3 Å². The molecule has 112 valence electrons. The molecule has 3 aromatic rings. The van der Waals surface area contributed by atoms with Gasteiger partial charge in [0, 0.05) is 18.0 Å². The molecule has 0 amide bonds. The number of nitrogens with zero attached hydrogens (tertiary/aromatic N) is 1. The molecule has 0 atom stereocenters. The molecule has 4 nitrogen and oxygen atoms in total. The second kappa shape index (κ2) is 6.12. The molecule has 0 spiro atoms. The lowest BCUT2D eigenvalue weighted by Crippen LogP contribution is -2.81. The van der Waals surface area contributed by atoms with Gasteiger partial charge >= 0.3 is 0 Å². The van der Waals surface area contributed by atoms with Gasteiger partial charge in [-0.2, -0.15) is 0 Å². The first-order chi connectivity index (χ1) is 10.6. The number of benzene rings is 1. The number of nitrogens with one attached hydrogen (secondary N) is 1.